The minimum atomic E-state index is -0.460. The summed E-state index contributed by atoms with van der Waals surface area (Å²) in [5, 5.41) is 10.7. The zero-order chi connectivity index (χ0) is 17.8. The molecule has 2 aromatic rings. The summed E-state index contributed by atoms with van der Waals surface area (Å²) in [6.45, 7) is 4.09. The highest BCUT2D eigenvalue weighted by Crippen LogP contribution is 2.15. The van der Waals surface area contributed by atoms with Crippen molar-refractivity contribution in [3.05, 3.63) is 74.2 Å². The SMILES string of the molecule is O=C(c1ccc([N+](=O)[O-])cc1)N1CC[NH+](Cc2ccccc2Br)CC1. The van der Waals surface area contributed by atoms with Crippen LogP contribution in [0.15, 0.2) is 53.0 Å². The number of nitrogens with zero attached hydrogens (tertiary/aromatic N) is 2. The summed E-state index contributed by atoms with van der Waals surface area (Å²) >= 11 is 3.58. The van der Waals surface area contributed by atoms with E-state index in [1.54, 1.807) is 0 Å². The molecule has 7 heteroatoms. The third-order valence-electron chi connectivity index (χ3n) is 4.48. The van der Waals surface area contributed by atoms with Crippen LogP contribution >= 0.6 is 15.9 Å². The Morgan fingerprint density at radius 3 is 2.36 bits per heavy atom. The summed E-state index contributed by atoms with van der Waals surface area (Å²) in [6, 6.07) is 14.0. The number of piperazine rings is 1. The maximum absolute atomic E-state index is 12.5. The van der Waals surface area contributed by atoms with Gasteiger partial charge in [-0.15, -0.1) is 0 Å². The first-order valence-electron chi connectivity index (χ1n) is 8.15. The van der Waals surface area contributed by atoms with Crippen molar-refractivity contribution in [2.24, 2.45) is 0 Å². The number of nitro groups is 1. The standard InChI is InChI=1S/C18H18BrN3O3/c19-17-4-2-1-3-15(17)13-20-9-11-21(12-10-20)18(23)14-5-7-16(8-6-14)22(24)25/h1-8H,9-13H2/p+1. The molecule has 130 valence electrons. The van der Waals surface area contributed by atoms with Crippen molar-refractivity contribution in [3.63, 3.8) is 0 Å². The van der Waals surface area contributed by atoms with Crippen LogP contribution in [0.25, 0.3) is 0 Å². The predicted molar refractivity (Wildman–Crippen MR) is 97.5 cm³/mol. The van der Waals surface area contributed by atoms with E-state index in [1.807, 2.05) is 23.1 Å². The lowest BCUT2D eigenvalue weighted by Crippen LogP contribution is -3.13. The highest BCUT2D eigenvalue weighted by molar-refractivity contribution is 9.10. The topological polar surface area (TPSA) is 67.9 Å². The third kappa shape index (κ3) is 4.24. The first kappa shape index (κ1) is 17.6. The van der Waals surface area contributed by atoms with Gasteiger partial charge in [0.1, 0.15) is 6.54 Å². The molecule has 0 aromatic heterocycles. The number of non-ortho nitro benzene ring substituents is 1. The molecule has 6 nitrogen and oxygen atoms in total. The Bertz CT molecular complexity index is 771. The molecule has 1 fully saturated rings. The van der Waals surface area contributed by atoms with Crippen LogP contribution in [0.5, 0.6) is 0 Å². The van der Waals surface area contributed by atoms with E-state index in [9.17, 15) is 14.9 Å². The largest absolute Gasteiger partial charge is 0.328 e. The van der Waals surface area contributed by atoms with Gasteiger partial charge in [0.25, 0.3) is 11.6 Å². The number of nitro benzene ring substituents is 1. The minimum absolute atomic E-state index is 0.000693. The van der Waals surface area contributed by atoms with Crippen LogP contribution in [-0.2, 0) is 6.54 Å². The van der Waals surface area contributed by atoms with Crippen molar-refractivity contribution >= 4 is 27.5 Å². The number of carbonyl (C=O) groups is 1. The van der Waals surface area contributed by atoms with Crippen LogP contribution in [0, 0.1) is 10.1 Å². The molecule has 1 aliphatic heterocycles. The van der Waals surface area contributed by atoms with Gasteiger partial charge in [-0.2, -0.15) is 0 Å². The lowest BCUT2D eigenvalue weighted by Gasteiger charge is -2.32. The van der Waals surface area contributed by atoms with Crippen LogP contribution in [0.4, 0.5) is 5.69 Å². The van der Waals surface area contributed by atoms with Gasteiger partial charge in [-0.3, -0.25) is 14.9 Å². The summed E-state index contributed by atoms with van der Waals surface area (Å²) in [6.07, 6.45) is 0. The number of carbonyl (C=O) groups excluding carboxylic acids is 1. The van der Waals surface area contributed by atoms with E-state index in [-0.39, 0.29) is 11.6 Å². The number of hydrogen-bond acceptors (Lipinski definition) is 3. The predicted octanol–water partition coefficient (Wildman–Crippen LogP) is 1.90. The molecule has 0 saturated carbocycles. The van der Waals surface area contributed by atoms with Crippen LogP contribution < -0.4 is 4.90 Å². The summed E-state index contributed by atoms with van der Waals surface area (Å²) in [5.41, 5.74) is 1.77. The second-order valence-corrected chi connectivity index (χ2v) is 6.97. The highest BCUT2D eigenvalue weighted by Gasteiger charge is 2.25. The molecule has 1 N–H and O–H groups in total. The number of rotatable bonds is 4. The van der Waals surface area contributed by atoms with Crippen molar-refractivity contribution in [2.75, 3.05) is 26.2 Å². The van der Waals surface area contributed by atoms with Crippen LogP contribution in [-0.4, -0.2) is 41.9 Å². The molecule has 1 heterocycles. The minimum Gasteiger partial charge on any atom is -0.328 e. The number of hydrogen-bond donors (Lipinski definition) is 1. The lowest BCUT2D eigenvalue weighted by molar-refractivity contribution is -0.917. The van der Waals surface area contributed by atoms with Crippen LogP contribution in [0.3, 0.4) is 0 Å². The molecule has 2 aromatic carbocycles. The van der Waals surface area contributed by atoms with E-state index in [1.165, 1.54) is 34.7 Å². The zero-order valence-corrected chi connectivity index (χ0v) is 15.2. The van der Waals surface area contributed by atoms with Crippen molar-refractivity contribution in [1.29, 1.82) is 0 Å². The second kappa shape index (κ2) is 7.76. The normalized spacial score (nSPS) is 15.2. The molecule has 0 atom stereocenters. The molecule has 1 saturated heterocycles. The van der Waals surface area contributed by atoms with Crippen LogP contribution in [0.2, 0.25) is 0 Å². The van der Waals surface area contributed by atoms with Gasteiger partial charge in [0, 0.05) is 27.7 Å². The Morgan fingerprint density at radius 2 is 1.76 bits per heavy atom. The van der Waals surface area contributed by atoms with E-state index in [4.69, 9.17) is 0 Å². The second-order valence-electron chi connectivity index (χ2n) is 6.11. The molecule has 0 radical (unpaired) electrons. The smallest absolute Gasteiger partial charge is 0.269 e. The molecule has 0 bridgehead atoms. The Kier molecular flexibility index (Phi) is 5.45. The summed E-state index contributed by atoms with van der Waals surface area (Å²) < 4.78 is 1.12. The molecule has 0 aliphatic carbocycles. The number of nitrogens with one attached hydrogen (secondary N) is 1. The average molecular weight is 405 g/mol. The van der Waals surface area contributed by atoms with Gasteiger partial charge in [0.05, 0.1) is 31.1 Å². The van der Waals surface area contributed by atoms with Gasteiger partial charge in [-0.25, -0.2) is 0 Å². The van der Waals surface area contributed by atoms with E-state index >= 15 is 0 Å². The van der Waals surface area contributed by atoms with Gasteiger partial charge in [0.15, 0.2) is 0 Å². The molecule has 0 unspecified atom stereocenters. The molecular weight excluding hydrogens is 386 g/mol. The van der Waals surface area contributed by atoms with Crippen LogP contribution in [0.1, 0.15) is 15.9 Å². The maximum atomic E-state index is 12.5. The summed E-state index contributed by atoms with van der Waals surface area (Å²) in [5.74, 6) is -0.0603. The fraction of sp³-hybridized carbons (Fsp3) is 0.278. The van der Waals surface area contributed by atoms with Gasteiger partial charge < -0.3 is 9.80 Å². The first-order chi connectivity index (χ1) is 12.0. The lowest BCUT2D eigenvalue weighted by atomic mass is 10.1. The van der Waals surface area contributed by atoms with Gasteiger partial charge in [-0.1, -0.05) is 34.1 Å². The number of quaternary nitrogens is 1. The van der Waals surface area contributed by atoms with Crippen molar-refractivity contribution in [3.8, 4) is 0 Å². The van der Waals surface area contributed by atoms with Gasteiger partial charge >= 0.3 is 0 Å². The highest BCUT2D eigenvalue weighted by atomic mass is 79.9. The Balaban J connectivity index is 1.57. The van der Waals surface area contributed by atoms with E-state index in [0.717, 1.165) is 24.1 Å². The third-order valence-corrected chi connectivity index (χ3v) is 5.25. The number of halogens is 1. The summed E-state index contributed by atoms with van der Waals surface area (Å²) in [4.78, 5) is 26.0. The first-order valence-corrected chi connectivity index (χ1v) is 8.94. The molecular formula is C18H19BrN3O3+. The number of amides is 1. The maximum Gasteiger partial charge on any atom is 0.269 e. The zero-order valence-electron chi connectivity index (χ0n) is 13.7. The fourth-order valence-electron chi connectivity index (χ4n) is 3.02. The van der Waals surface area contributed by atoms with E-state index < -0.39 is 4.92 Å². The van der Waals surface area contributed by atoms with Crippen molar-refractivity contribution in [1.82, 2.24) is 4.90 Å². The molecule has 1 amide bonds. The Labute approximate surface area is 154 Å². The van der Waals surface area contributed by atoms with E-state index in [0.29, 0.717) is 18.7 Å². The Morgan fingerprint density at radius 1 is 1.12 bits per heavy atom. The monoisotopic (exact) mass is 404 g/mol. The average Bonchev–Trinajstić information content (AvgIpc) is 2.64. The van der Waals surface area contributed by atoms with Gasteiger partial charge in [0.2, 0.25) is 0 Å². The van der Waals surface area contributed by atoms with Crippen molar-refractivity contribution < 1.29 is 14.6 Å². The molecule has 25 heavy (non-hydrogen) atoms. The molecule has 3 rings (SSSR count). The van der Waals surface area contributed by atoms with Crippen molar-refractivity contribution in [2.45, 2.75) is 6.54 Å². The summed E-state index contributed by atoms with van der Waals surface area (Å²) in [7, 11) is 0. The van der Waals surface area contributed by atoms with Gasteiger partial charge in [-0.05, 0) is 18.2 Å². The molecule has 0 spiro atoms. The quantitative estimate of drug-likeness (QED) is 0.624. The fourth-order valence-corrected chi connectivity index (χ4v) is 3.45. The van der Waals surface area contributed by atoms with E-state index in [2.05, 4.69) is 22.0 Å². The molecule has 1 aliphatic rings. The number of benzene rings is 2. The Hall–Kier alpha value is -2.25.